The van der Waals surface area contributed by atoms with Crippen molar-refractivity contribution in [1.29, 1.82) is 0 Å². The van der Waals surface area contributed by atoms with Gasteiger partial charge in [-0.2, -0.15) is 0 Å². The third-order valence-corrected chi connectivity index (χ3v) is 5.05. The molecule has 1 aromatic rings. The highest BCUT2D eigenvalue weighted by atomic mass is 32.2. The van der Waals surface area contributed by atoms with Gasteiger partial charge in [0.15, 0.2) is 9.84 Å². The Balaban J connectivity index is 3.26. The number of rotatable bonds is 4. The Labute approximate surface area is 101 Å². The monoisotopic (exact) mass is 259 g/mol. The molecule has 0 saturated heterocycles. The van der Waals surface area contributed by atoms with Crippen LogP contribution < -0.4 is 10.5 Å². The molecule has 2 N–H and O–H groups in total. The van der Waals surface area contributed by atoms with E-state index in [9.17, 15) is 8.42 Å². The summed E-state index contributed by atoms with van der Waals surface area (Å²) in [4.78, 5) is 8.01. The molecule has 96 valence electrons. The number of ether oxygens (including phenoxy) is 1. The first-order chi connectivity index (χ1) is 7.71. The minimum absolute atomic E-state index is 0.247. The van der Waals surface area contributed by atoms with Crippen LogP contribution in [0.15, 0.2) is 12.4 Å². The molecule has 17 heavy (non-hydrogen) atoms. The van der Waals surface area contributed by atoms with Gasteiger partial charge in [-0.3, -0.25) is 4.98 Å². The van der Waals surface area contributed by atoms with Gasteiger partial charge < -0.3 is 10.5 Å². The lowest BCUT2D eigenvalue weighted by Gasteiger charge is -2.29. The standard InChI is InChI=1S/C10H17N3O3S/c1-10(2,17(4,14)15)8(11)7-9(16-3)13-6-5-12-7/h5-6,8H,11H2,1-4H3. The second-order valence-corrected chi connectivity index (χ2v) is 6.90. The minimum Gasteiger partial charge on any atom is -0.480 e. The Morgan fingerprint density at radius 3 is 2.35 bits per heavy atom. The van der Waals surface area contributed by atoms with E-state index in [1.54, 1.807) is 13.8 Å². The average molecular weight is 259 g/mol. The second-order valence-electron chi connectivity index (χ2n) is 4.30. The number of aromatic nitrogens is 2. The topological polar surface area (TPSA) is 95.2 Å². The molecule has 0 aliphatic rings. The lowest BCUT2D eigenvalue weighted by atomic mass is 10.0. The van der Waals surface area contributed by atoms with Crippen molar-refractivity contribution in [3.63, 3.8) is 0 Å². The Morgan fingerprint density at radius 1 is 1.35 bits per heavy atom. The summed E-state index contributed by atoms with van der Waals surface area (Å²) in [7, 11) is -1.88. The zero-order valence-corrected chi connectivity index (χ0v) is 11.2. The molecule has 0 amide bonds. The van der Waals surface area contributed by atoms with Gasteiger partial charge in [0.1, 0.15) is 5.69 Å². The fourth-order valence-corrected chi connectivity index (χ4v) is 1.84. The van der Waals surface area contributed by atoms with E-state index in [-0.39, 0.29) is 5.88 Å². The van der Waals surface area contributed by atoms with Gasteiger partial charge in [0.05, 0.1) is 17.9 Å². The Bertz CT molecular complexity index is 499. The highest BCUT2D eigenvalue weighted by Gasteiger charge is 2.40. The summed E-state index contributed by atoms with van der Waals surface area (Å²) < 4.78 is 27.3. The molecule has 0 aliphatic heterocycles. The van der Waals surface area contributed by atoms with Crippen molar-refractivity contribution < 1.29 is 13.2 Å². The molecular formula is C10H17N3O3S. The van der Waals surface area contributed by atoms with E-state index in [0.717, 1.165) is 6.26 Å². The highest BCUT2D eigenvalue weighted by molar-refractivity contribution is 7.92. The van der Waals surface area contributed by atoms with E-state index < -0.39 is 20.6 Å². The Kier molecular flexibility index (Phi) is 3.73. The number of hydrogen-bond acceptors (Lipinski definition) is 6. The smallest absolute Gasteiger partial charge is 0.237 e. The lowest BCUT2D eigenvalue weighted by Crippen LogP contribution is -2.42. The zero-order valence-electron chi connectivity index (χ0n) is 10.3. The maximum absolute atomic E-state index is 11.7. The van der Waals surface area contributed by atoms with Crippen molar-refractivity contribution in [2.24, 2.45) is 5.73 Å². The summed E-state index contributed by atoms with van der Waals surface area (Å²) in [6, 6.07) is -0.804. The molecule has 0 fully saturated rings. The molecule has 1 heterocycles. The van der Waals surface area contributed by atoms with E-state index in [0.29, 0.717) is 5.69 Å². The fraction of sp³-hybridized carbons (Fsp3) is 0.600. The molecule has 0 bridgehead atoms. The molecular weight excluding hydrogens is 242 g/mol. The second kappa shape index (κ2) is 4.58. The third-order valence-electron chi connectivity index (χ3n) is 2.88. The molecule has 6 nitrogen and oxygen atoms in total. The molecule has 1 rings (SSSR count). The zero-order chi connectivity index (χ0) is 13.3. The summed E-state index contributed by atoms with van der Waals surface area (Å²) in [5.74, 6) is 0.247. The van der Waals surface area contributed by atoms with Crippen LogP contribution in [0.4, 0.5) is 0 Å². The molecule has 0 spiro atoms. The predicted molar refractivity (Wildman–Crippen MR) is 64.4 cm³/mol. The summed E-state index contributed by atoms with van der Waals surface area (Å²) >= 11 is 0. The fourth-order valence-electron chi connectivity index (χ4n) is 1.27. The Hall–Kier alpha value is -1.21. The molecule has 0 radical (unpaired) electrons. The van der Waals surface area contributed by atoms with Crippen molar-refractivity contribution in [3.05, 3.63) is 18.1 Å². The molecule has 0 saturated carbocycles. The van der Waals surface area contributed by atoms with E-state index in [1.165, 1.54) is 19.5 Å². The number of methoxy groups -OCH3 is 1. The quantitative estimate of drug-likeness (QED) is 0.836. The van der Waals surface area contributed by atoms with Gasteiger partial charge in [0.2, 0.25) is 5.88 Å². The number of nitrogens with two attached hydrogens (primary N) is 1. The average Bonchev–Trinajstić information content (AvgIpc) is 2.26. The van der Waals surface area contributed by atoms with Crippen molar-refractivity contribution in [3.8, 4) is 5.88 Å². The van der Waals surface area contributed by atoms with E-state index in [4.69, 9.17) is 10.5 Å². The van der Waals surface area contributed by atoms with Gasteiger partial charge in [-0.15, -0.1) is 0 Å². The van der Waals surface area contributed by atoms with Crippen LogP contribution >= 0.6 is 0 Å². The van der Waals surface area contributed by atoms with Gasteiger partial charge in [-0.1, -0.05) is 0 Å². The van der Waals surface area contributed by atoms with Crippen LogP contribution in [-0.2, 0) is 9.84 Å². The van der Waals surface area contributed by atoms with Gasteiger partial charge in [0, 0.05) is 18.6 Å². The first-order valence-corrected chi connectivity index (χ1v) is 6.91. The molecule has 7 heteroatoms. The maximum Gasteiger partial charge on any atom is 0.237 e. The van der Waals surface area contributed by atoms with Crippen molar-refractivity contribution in [2.75, 3.05) is 13.4 Å². The van der Waals surface area contributed by atoms with E-state index >= 15 is 0 Å². The molecule has 1 atom stereocenters. The van der Waals surface area contributed by atoms with E-state index in [2.05, 4.69) is 9.97 Å². The van der Waals surface area contributed by atoms with Crippen molar-refractivity contribution in [1.82, 2.24) is 9.97 Å². The number of nitrogens with zero attached hydrogens (tertiary/aromatic N) is 2. The third kappa shape index (κ3) is 2.55. The molecule has 0 aliphatic carbocycles. The van der Waals surface area contributed by atoms with E-state index in [1.807, 2.05) is 0 Å². The van der Waals surface area contributed by atoms with Crippen LogP contribution in [0.3, 0.4) is 0 Å². The van der Waals surface area contributed by atoms with Crippen LogP contribution in [0.1, 0.15) is 25.6 Å². The predicted octanol–water partition coefficient (Wildman–Crippen LogP) is 0.308. The summed E-state index contributed by atoms with van der Waals surface area (Å²) in [6.45, 7) is 3.11. The highest BCUT2D eigenvalue weighted by Crippen LogP contribution is 2.32. The van der Waals surface area contributed by atoms with Crippen LogP contribution in [0.25, 0.3) is 0 Å². The van der Waals surface area contributed by atoms with Gasteiger partial charge in [-0.25, -0.2) is 13.4 Å². The first kappa shape index (κ1) is 13.9. The number of sulfone groups is 1. The van der Waals surface area contributed by atoms with Crippen molar-refractivity contribution >= 4 is 9.84 Å². The van der Waals surface area contributed by atoms with Gasteiger partial charge >= 0.3 is 0 Å². The van der Waals surface area contributed by atoms with Gasteiger partial charge in [-0.05, 0) is 13.8 Å². The summed E-state index contributed by atoms with van der Waals surface area (Å²) in [6.07, 6.45) is 4.06. The maximum atomic E-state index is 11.7. The normalized spacial score (nSPS) is 14.4. The summed E-state index contributed by atoms with van der Waals surface area (Å²) in [5.41, 5.74) is 6.31. The van der Waals surface area contributed by atoms with Crippen LogP contribution in [0.5, 0.6) is 5.88 Å². The van der Waals surface area contributed by atoms with Crippen LogP contribution in [0, 0.1) is 0 Å². The van der Waals surface area contributed by atoms with Gasteiger partial charge in [0.25, 0.3) is 0 Å². The Morgan fingerprint density at radius 2 is 1.88 bits per heavy atom. The first-order valence-electron chi connectivity index (χ1n) is 5.02. The van der Waals surface area contributed by atoms with Crippen molar-refractivity contribution in [2.45, 2.75) is 24.6 Å². The molecule has 1 aromatic heterocycles. The van der Waals surface area contributed by atoms with Crippen LogP contribution in [-0.4, -0.2) is 36.5 Å². The summed E-state index contributed by atoms with van der Waals surface area (Å²) in [5, 5.41) is 0. The molecule has 0 aromatic carbocycles. The lowest BCUT2D eigenvalue weighted by molar-refractivity contribution is 0.376. The van der Waals surface area contributed by atoms with Crippen LogP contribution in [0.2, 0.25) is 0 Å². The SMILES string of the molecule is COc1nccnc1C(N)C(C)(C)S(C)(=O)=O. The molecule has 1 unspecified atom stereocenters. The largest absolute Gasteiger partial charge is 0.480 e. The number of hydrogen-bond donors (Lipinski definition) is 1. The minimum atomic E-state index is -3.32.